The van der Waals surface area contributed by atoms with E-state index in [-0.39, 0.29) is 18.6 Å². The summed E-state index contributed by atoms with van der Waals surface area (Å²) in [5, 5.41) is 18.7. The van der Waals surface area contributed by atoms with Gasteiger partial charge in [0.15, 0.2) is 5.65 Å². The summed E-state index contributed by atoms with van der Waals surface area (Å²) >= 11 is 0. The van der Waals surface area contributed by atoms with E-state index in [0.717, 1.165) is 60.5 Å². The lowest BCUT2D eigenvalue weighted by Crippen LogP contribution is -2.40. The molecule has 2 aliphatic heterocycles. The number of nitrogens with zero attached hydrogens (tertiary/aromatic N) is 5. The van der Waals surface area contributed by atoms with E-state index < -0.39 is 6.23 Å². The zero-order valence-electron chi connectivity index (χ0n) is 21.3. The molecule has 1 saturated carbocycles. The van der Waals surface area contributed by atoms with E-state index >= 15 is 0 Å². The van der Waals surface area contributed by atoms with Crippen LogP contribution in [0.25, 0.3) is 11.7 Å². The van der Waals surface area contributed by atoms with E-state index in [0.29, 0.717) is 36.9 Å². The zero-order chi connectivity index (χ0) is 25.5. The van der Waals surface area contributed by atoms with Crippen LogP contribution >= 0.6 is 0 Å². The van der Waals surface area contributed by atoms with E-state index in [1.54, 1.807) is 12.1 Å². The summed E-state index contributed by atoms with van der Waals surface area (Å²) in [4.78, 5) is 23.0. The van der Waals surface area contributed by atoms with Crippen LogP contribution < -0.4 is 15.0 Å². The van der Waals surface area contributed by atoms with E-state index in [1.807, 2.05) is 28.6 Å². The number of benzene rings is 1. The van der Waals surface area contributed by atoms with Gasteiger partial charge in [0.2, 0.25) is 0 Å². The number of carbonyl (C=O) groups is 1. The Morgan fingerprint density at radius 1 is 1.14 bits per heavy atom. The number of likely N-dealkylation sites (N-methyl/N-ethyl adjacent to an activating group) is 1. The molecule has 9 nitrogen and oxygen atoms in total. The lowest BCUT2D eigenvalue weighted by atomic mass is 9.97. The zero-order valence-corrected chi connectivity index (χ0v) is 21.3. The highest BCUT2D eigenvalue weighted by Gasteiger charge is 2.33. The Morgan fingerprint density at radius 3 is 2.81 bits per heavy atom. The predicted molar refractivity (Wildman–Crippen MR) is 142 cm³/mol. The van der Waals surface area contributed by atoms with Gasteiger partial charge in [-0.3, -0.25) is 10.1 Å². The minimum atomic E-state index is -0.873. The van der Waals surface area contributed by atoms with Gasteiger partial charge in [0.25, 0.3) is 5.91 Å². The van der Waals surface area contributed by atoms with Crippen LogP contribution in [0.2, 0.25) is 0 Å². The molecule has 37 heavy (non-hydrogen) atoms. The van der Waals surface area contributed by atoms with Crippen LogP contribution in [0, 0.1) is 0 Å². The second-order valence-corrected chi connectivity index (χ2v) is 10.3. The fourth-order valence-electron chi connectivity index (χ4n) is 5.36. The molecule has 1 unspecified atom stereocenters. The molecule has 3 aliphatic rings. The molecule has 1 aliphatic carbocycles. The SMILES string of the molecule is C=Cc1ccc2c(c1)C(=O)N1CCCC[C@H]1c1cc3nc(C4CC4)cc(n3n1)N(C)CCNC(O)CO2. The number of nitrogens with one attached hydrogen (secondary N) is 1. The molecule has 2 fully saturated rings. The summed E-state index contributed by atoms with van der Waals surface area (Å²) in [5.41, 5.74) is 4.10. The third-order valence-corrected chi connectivity index (χ3v) is 7.63. The molecule has 1 amide bonds. The van der Waals surface area contributed by atoms with Crippen molar-refractivity contribution in [2.75, 3.05) is 38.2 Å². The number of ether oxygens (including phenoxy) is 1. The van der Waals surface area contributed by atoms with Gasteiger partial charge in [0.1, 0.15) is 24.4 Å². The quantitative estimate of drug-likeness (QED) is 0.555. The molecular formula is C28H34N6O3. The van der Waals surface area contributed by atoms with E-state index in [1.165, 1.54) is 0 Å². The topological polar surface area (TPSA) is 95.2 Å². The average molecular weight is 503 g/mol. The lowest BCUT2D eigenvalue weighted by molar-refractivity contribution is 0.0585. The van der Waals surface area contributed by atoms with Crippen molar-refractivity contribution in [3.8, 4) is 5.75 Å². The number of aromatic nitrogens is 3. The smallest absolute Gasteiger partial charge is 0.258 e. The monoisotopic (exact) mass is 502 g/mol. The van der Waals surface area contributed by atoms with Gasteiger partial charge in [-0.05, 0) is 49.8 Å². The Labute approximate surface area is 216 Å². The summed E-state index contributed by atoms with van der Waals surface area (Å²) in [6, 6.07) is 9.52. The largest absolute Gasteiger partial charge is 0.489 e. The molecule has 194 valence electrons. The van der Waals surface area contributed by atoms with Crippen molar-refractivity contribution in [3.63, 3.8) is 0 Å². The highest BCUT2D eigenvalue weighted by Crippen LogP contribution is 2.41. The third-order valence-electron chi connectivity index (χ3n) is 7.63. The summed E-state index contributed by atoms with van der Waals surface area (Å²) < 4.78 is 7.88. The number of rotatable bonds is 2. The maximum absolute atomic E-state index is 14.0. The Balaban J connectivity index is 1.47. The summed E-state index contributed by atoms with van der Waals surface area (Å²) in [7, 11) is 2.03. The number of anilines is 1. The number of piperidine rings is 1. The van der Waals surface area contributed by atoms with E-state index in [2.05, 4.69) is 28.9 Å². The van der Waals surface area contributed by atoms with Crippen LogP contribution in [0.15, 0.2) is 36.9 Å². The maximum atomic E-state index is 14.0. The Kier molecular flexibility index (Phi) is 6.34. The van der Waals surface area contributed by atoms with Crippen molar-refractivity contribution >= 4 is 23.4 Å². The first-order valence-electron chi connectivity index (χ1n) is 13.3. The molecule has 1 aromatic carbocycles. The van der Waals surface area contributed by atoms with E-state index in [9.17, 15) is 9.90 Å². The van der Waals surface area contributed by atoms with Crippen molar-refractivity contribution in [2.24, 2.45) is 0 Å². The number of aliphatic hydroxyl groups excluding tert-OH is 1. The van der Waals surface area contributed by atoms with Crippen LogP contribution in [0.3, 0.4) is 0 Å². The Morgan fingerprint density at radius 2 is 2.00 bits per heavy atom. The van der Waals surface area contributed by atoms with Crippen molar-refractivity contribution < 1.29 is 14.6 Å². The van der Waals surface area contributed by atoms with Gasteiger partial charge in [-0.1, -0.05) is 18.7 Å². The first-order chi connectivity index (χ1) is 18.0. The summed E-state index contributed by atoms with van der Waals surface area (Å²) in [6.45, 7) is 5.76. The van der Waals surface area contributed by atoms with Crippen LogP contribution in [-0.4, -0.2) is 70.0 Å². The molecule has 2 aromatic heterocycles. The summed E-state index contributed by atoms with van der Waals surface area (Å²) in [5.74, 6) is 1.83. The van der Waals surface area contributed by atoms with Gasteiger partial charge in [-0.25, -0.2) is 4.98 Å². The second-order valence-electron chi connectivity index (χ2n) is 10.3. The Hall–Kier alpha value is -3.43. The molecule has 1 saturated heterocycles. The highest BCUT2D eigenvalue weighted by atomic mass is 16.5. The molecule has 3 aromatic rings. The second kappa shape index (κ2) is 9.79. The van der Waals surface area contributed by atoms with Crippen molar-refractivity contribution in [3.05, 3.63) is 59.4 Å². The van der Waals surface area contributed by atoms with Crippen LogP contribution in [0.1, 0.15) is 71.4 Å². The first kappa shape index (κ1) is 23.9. The number of fused-ring (bicyclic) bond motifs is 4. The van der Waals surface area contributed by atoms with Crippen LogP contribution in [-0.2, 0) is 0 Å². The summed E-state index contributed by atoms with van der Waals surface area (Å²) in [6.07, 6.45) is 5.99. The normalized spacial score (nSPS) is 23.0. The lowest BCUT2D eigenvalue weighted by Gasteiger charge is -2.35. The van der Waals surface area contributed by atoms with Gasteiger partial charge in [0.05, 0.1) is 17.3 Å². The molecule has 2 bridgehead atoms. The minimum Gasteiger partial charge on any atom is -0.489 e. The molecule has 2 N–H and O–H groups in total. The average Bonchev–Trinajstić information content (AvgIpc) is 3.68. The fourth-order valence-corrected chi connectivity index (χ4v) is 5.36. The van der Waals surface area contributed by atoms with Gasteiger partial charge in [0, 0.05) is 50.4 Å². The number of amides is 1. The van der Waals surface area contributed by atoms with Crippen LogP contribution in [0.5, 0.6) is 5.75 Å². The number of aliphatic hydroxyl groups is 1. The number of carbonyl (C=O) groups excluding carboxylic acids is 1. The molecular weight excluding hydrogens is 468 g/mol. The molecule has 6 rings (SSSR count). The Bertz CT molecular complexity index is 1330. The number of hydrogen-bond donors (Lipinski definition) is 2. The third kappa shape index (κ3) is 4.69. The number of hydrogen-bond acceptors (Lipinski definition) is 7. The maximum Gasteiger partial charge on any atom is 0.258 e. The first-order valence-corrected chi connectivity index (χ1v) is 13.3. The standard InChI is InChI=1S/C28H34N6O3/c1-3-18-7-10-24-20(14-18)28(36)33-12-5-4-6-23(33)22-15-25-30-21(19-8-9-19)16-27(34(25)31-22)32(2)13-11-29-26(35)17-37-24/h3,7,10,14-16,19,23,26,29,35H,1,4-6,8-9,11-13,17H2,2H3/t23-,26?/m0/s1. The minimum absolute atomic E-state index is 0.0343. The van der Waals surface area contributed by atoms with Crippen molar-refractivity contribution in [2.45, 2.75) is 50.3 Å². The van der Waals surface area contributed by atoms with E-state index in [4.69, 9.17) is 14.8 Å². The molecule has 4 heterocycles. The van der Waals surface area contributed by atoms with Gasteiger partial charge in [-0.2, -0.15) is 9.61 Å². The van der Waals surface area contributed by atoms with Crippen molar-refractivity contribution in [1.29, 1.82) is 0 Å². The molecule has 0 spiro atoms. The van der Waals surface area contributed by atoms with Crippen molar-refractivity contribution in [1.82, 2.24) is 24.8 Å². The molecule has 0 radical (unpaired) electrons. The molecule has 2 atom stereocenters. The predicted octanol–water partition coefficient (Wildman–Crippen LogP) is 3.35. The van der Waals surface area contributed by atoms with Gasteiger partial charge >= 0.3 is 0 Å². The van der Waals surface area contributed by atoms with Crippen LogP contribution in [0.4, 0.5) is 5.82 Å². The van der Waals surface area contributed by atoms with Gasteiger partial charge < -0.3 is 19.6 Å². The highest BCUT2D eigenvalue weighted by molar-refractivity contribution is 5.98. The molecule has 9 heteroatoms. The van der Waals surface area contributed by atoms with Gasteiger partial charge in [-0.15, -0.1) is 0 Å². The fraction of sp³-hybridized carbons (Fsp3) is 0.464.